The van der Waals surface area contributed by atoms with E-state index in [1.54, 1.807) is 4.90 Å². The topological polar surface area (TPSA) is 59.7 Å². The molecule has 1 aliphatic carbocycles. The zero-order chi connectivity index (χ0) is 24.8. The van der Waals surface area contributed by atoms with E-state index in [0.717, 1.165) is 41.1 Å². The Balaban J connectivity index is 1.60. The van der Waals surface area contributed by atoms with E-state index in [1.165, 1.54) is 0 Å². The van der Waals surface area contributed by atoms with Gasteiger partial charge in [0.2, 0.25) is 0 Å². The van der Waals surface area contributed by atoms with Crippen molar-refractivity contribution < 1.29 is 22.7 Å². The Morgan fingerprint density at radius 3 is 2.35 bits per heavy atom. The Hall–Kier alpha value is -2.32. The number of halogens is 3. The standard InChI is InChI=1S/C25H35F3N4O2/c1-15-16(2)29-21-13-20(17-8-10-19(11-9-17)25(26,27)28)30-32(21)22(15)18-7-6-12-31(14-18)23(33)34-24(3,4)5/h13,17-19H,6-12,14H2,1-5H3/t17?,18-,19?/m1/s1. The van der Waals surface area contributed by atoms with E-state index in [2.05, 4.69) is 0 Å². The van der Waals surface area contributed by atoms with Crippen LogP contribution in [0.5, 0.6) is 0 Å². The Bertz CT molecular complexity index is 1050. The Morgan fingerprint density at radius 1 is 1.06 bits per heavy atom. The highest BCUT2D eigenvalue weighted by atomic mass is 19.4. The highest BCUT2D eigenvalue weighted by Crippen LogP contribution is 2.43. The molecule has 9 heteroatoms. The maximum atomic E-state index is 13.1. The molecule has 3 heterocycles. The first kappa shape index (κ1) is 24.8. The molecule has 2 aliphatic rings. The molecule has 0 aromatic carbocycles. The number of amides is 1. The molecule has 0 radical (unpaired) electrons. The predicted octanol–water partition coefficient (Wildman–Crippen LogP) is 6.30. The number of carbonyl (C=O) groups is 1. The number of nitrogens with zero attached hydrogens (tertiary/aromatic N) is 4. The van der Waals surface area contributed by atoms with Crippen LogP contribution in [0.2, 0.25) is 0 Å². The van der Waals surface area contributed by atoms with Crippen LogP contribution in [0.25, 0.3) is 5.65 Å². The molecule has 2 fully saturated rings. The summed E-state index contributed by atoms with van der Waals surface area (Å²) in [5.41, 5.74) is 3.97. The van der Waals surface area contributed by atoms with Crippen LogP contribution in [-0.2, 0) is 4.74 Å². The van der Waals surface area contributed by atoms with Crippen LogP contribution in [0.3, 0.4) is 0 Å². The van der Waals surface area contributed by atoms with Crippen molar-refractivity contribution in [2.75, 3.05) is 13.1 Å². The van der Waals surface area contributed by atoms with Gasteiger partial charge in [0.05, 0.1) is 17.3 Å². The summed E-state index contributed by atoms with van der Waals surface area (Å²) in [5, 5.41) is 4.87. The Labute approximate surface area is 198 Å². The van der Waals surface area contributed by atoms with Gasteiger partial charge in [-0.3, -0.25) is 0 Å². The average molecular weight is 481 g/mol. The van der Waals surface area contributed by atoms with Crippen molar-refractivity contribution in [3.8, 4) is 0 Å². The van der Waals surface area contributed by atoms with Crippen LogP contribution in [0.4, 0.5) is 18.0 Å². The molecule has 1 saturated carbocycles. The first-order valence-corrected chi connectivity index (χ1v) is 12.2. The number of piperidine rings is 1. The molecule has 0 N–H and O–H groups in total. The van der Waals surface area contributed by atoms with Crippen molar-refractivity contribution in [2.24, 2.45) is 5.92 Å². The second-order valence-electron chi connectivity index (χ2n) is 10.9. The molecule has 34 heavy (non-hydrogen) atoms. The van der Waals surface area contributed by atoms with Crippen LogP contribution in [0.15, 0.2) is 6.07 Å². The fourth-order valence-corrected chi connectivity index (χ4v) is 5.33. The monoisotopic (exact) mass is 480 g/mol. The highest BCUT2D eigenvalue weighted by molar-refractivity contribution is 5.68. The van der Waals surface area contributed by atoms with Gasteiger partial charge in [-0.1, -0.05) is 0 Å². The van der Waals surface area contributed by atoms with Crippen molar-refractivity contribution >= 4 is 11.7 Å². The number of hydrogen-bond donors (Lipinski definition) is 0. The molecule has 1 aliphatic heterocycles. The first-order chi connectivity index (χ1) is 15.8. The van der Waals surface area contributed by atoms with E-state index in [9.17, 15) is 18.0 Å². The van der Waals surface area contributed by atoms with Crippen LogP contribution in [0.1, 0.15) is 93.8 Å². The number of fused-ring (bicyclic) bond motifs is 1. The zero-order valence-electron chi connectivity index (χ0n) is 20.7. The van der Waals surface area contributed by atoms with Crippen molar-refractivity contribution in [1.82, 2.24) is 19.5 Å². The van der Waals surface area contributed by atoms with E-state index in [0.29, 0.717) is 25.9 Å². The Kier molecular flexibility index (Phi) is 6.59. The second-order valence-corrected chi connectivity index (χ2v) is 10.9. The summed E-state index contributed by atoms with van der Waals surface area (Å²) in [6.45, 7) is 10.8. The summed E-state index contributed by atoms with van der Waals surface area (Å²) in [6, 6.07) is 1.93. The van der Waals surface area contributed by atoms with Gasteiger partial charge in [0, 0.05) is 36.7 Å². The number of carbonyl (C=O) groups excluding carboxylic acids is 1. The van der Waals surface area contributed by atoms with Crippen molar-refractivity contribution in [3.63, 3.8) is 0 Å². The van der Waals surface area contributed by atoms with Gasteiger partial charge in [0.15, 0.2) is 5.65 Å². The van der Waals surface area contributed by atoms with E-state index in [4.69, 9.17) is 14.8 Å². The molecule has 1 atom stereocenters. The van der Waals surface area contributed by atoms with Crippen molar-refractivity contribution in [2.45, 2.75) is 96.8 Å². The highest BCUT2D eigenvalue weighted by Gasteiger charge is 2.42. The van der Waals surface area contributed by atoms with Gasteiger partial charge in [-0.25, -0.2) is 14.3 Å². The maximum absolute atomic E-state index is 13.1. The number of rotatable bonds is 2. The summed E-state index contributed by atoms with van der Waals surface area (Å²) >= 11 is 0. The number of alkyl halides is 3. The van der Waals surface area contributed by atoms with E-state index >= 15 is 0 Å². The molecule has 6 nitrogen and oxygen atoms in total. The first-order valence-electron chi connectivity index (χ1n) is 12.2. The second kappa shape index (κ2) is 9.04. The minimum absolute atomic E-state index is 0.0124. The van der Waals surface area contributed by atoms with Crippen LogP contribution < -0.4 is 0 Å². The lowest BCUT2D eigenvalue weighted by atomic mass is 9.80. The van der Waals surface area contributed by atoms with E-state index in [1.807, 2.05) is 45.2 Å². The van der Waals surface area contributed by atoms with E-state index < -0.39 is 17.7 Å². The summed E-state index contributed by atoms with van der Waals surface area (Å²) in [7, 11) is 0. The quantitative estimate of drug-likeness (QED) is 0.506. The SMILES string of the molecule is Cc1nc2cc(C3CCC(C(F)(F)F)CC3)nn2c([C@@H]2CCCN(C(=O)OC(C)(C)C)C2)c1C. The number of likely N-dealkylation sites (tertiary alicyclic amines) is 1. The third-order valence-electron chi connectivity index (χ3n) is 7.21. The molecule has 188 valence electrons. The largest absolute Gasteiger partial charge is 0.444 e. The van der Waals surface area contributed by atoms with Crippen LogP contribution in [0, 0.1) is 19.8 Å². The average Bonchev–Trinajstić information content (AvgIpc) is 3.16. The molecular formula is C25H35F3N4O2. The molecular weight excluding hydrogens is 445 g/mol. The molecule has 0 spiro atoms. The summed E-state index contributed by atoms with van der Waals surface area (Å²) in [4.78, 5) is 19.2. The van der Waals surface area contributed by atoms with Crippen molar-refractivity contribution in [1.29, 1.82) is 0 Å². The fourth-order valence-electron chi connectivity index (χ4n) is 5.33. The lowest BCUT2D eigenvalue weighted by Gasteiger charge is -2.35. The normalized spacial score (nSPS) is 24.5. The van der Waals surface area contributed by atoms with Gasteiger partial charge in [-0.15, -0.1) is 0 Å². The molecule has 0 unspecified atom stereocenters. The maximum Gasteiger partial charge on any atom is 0.410 e. The fraction of sp³-hybridized carbons (Fsp3) is 0.720. The summed E-state index contributed by atoms with van der Waals surface area (Å²) in [6.07, 6.45) is -1.38. The molecule has 2 aromatic rings. The van der Waals surface area contributed by atoms with Gasteiger partial charge in [0.1, 0.15) is 5.60 Å². The molecule has 1 saturated heterocycles. The predicted molar refractivity (Wildman–Crippen MR) is 123 cm³/mol. The lowest BCUT2D eigenvalue weighted by Crippen LogP contribution is -2.42. The summed E-state index contributed by atoms with van der Waals surface area (Å²) < 4.78 is 46.8. The third-order valence-corrected chi connectivity index (χ3v) is 7.21. The molecule has 1 amide bonds. The van der Waals surface area contributed by atoms with Crippen LogP contribution >= 0.6 is 0 Å². The smallest absolute Gasteiger partial charge is 0.410 e. The zero-order valence-corrected chi connectivity index (χ0v) is 20.7. The Morgan fingerprint density at radius 2 is 1.74 bits per heavy atom. The van der Waals surface area contributed by atoms with Crippen LogP contribution in [-0.4, -0.2) is 50.5 Å². The number of aromatic nitrogens is 3. The van der Waals surface area contributed by atoms with Gasteiger partial charge >= 0.3 is 12.3 Å². The minimum atomic E-state index is -4.12. The number of aryl methyl sites for hydroxylation is 1. The van der Waals surface area contributed by atoms with Gasteiger partial charge in [-0.05, 0) is 78.7 Å². The minimum Gasteiger partial charge on any atom is -0.444 e. The molecule has 4 rings (SSSR count). The molecule has 2 aromatic heterocycles. The number of ether oxygens (including phenoxy) is 1. The van der Waals surface area contributed by atoms with Gasteiger partial charge in [0.25, 0.3) is 0 Å². The van der Waals surface area contributed by atoms with Gasteiger partial charge < -0.3 is 9.64 Å². The molecule has 0 bridgehead atoms. The van der Waals surface area contributed by atoms with Gasteiger partial charge in [-0.2, -0.15) is 18.3 Å². The summed E-state index contributed by atoms with van der Waals surface area (Å²) in [5.74, 6) is -1.11. The van der Waals surface area contributed by atoms with E-state index in [-0.39, 0.29) is 30.8 Å². The number of hydrogen-bond acceptors (Lipinski definition) is 4. The lowest BCUT2D eigenvalue weighted by molar-refractivity contribution is -0.182. The van der Waals surface area contributed by atoms with Crippen molar-refractivity contribution in [3.05, 3.63) is 28.7 Å². The third kappa shape index (κ3) is 5.18.